The number of nitrogens with two attached hydrogens (primary N) is 2. The Bertz CT molecular complexity index is 175. The molecule has 0 aromatic rings. The van der Waals surface area contributed by atoms with Crippen LogP contribution in [0.25, 0.3) is 0 Å². The fourth-order valence-electron chi connectivity index (χ4n) is 1.75. The molecule has 96 valence electrons. The van der Waals surface area contributed by atoms with Crippen LogP contribution >= 0.6 is 0 Å². The Labute approximate surface area is 98.3 Å². The summed E-state index contributed by atoms with van der Waals surface area (Å²) >= 11 is 0. The lowest BCUT2D eigenvalue weighted by atomic mass is 9.95. The van der Waals surface area contributed by atoms with Gasteiger partial charge in [-0.15, -0.1) is 0 Å². The zero-order valence-corrected chi connectivity index (χ0v) is 10.3. The number of hydrogen-bond acceptors (Lipinski definition) is 4. The van der Waals surface area contributed by atoms with Crippen molar-refractivity contribution in [1.82, 2.24) is 11.0 Å². The number of carbonyl (C=O) groups excluding carboxylic acids is 1. The smallest absolute Gasteiger partial charge is 0.220 e. The Kier molecular flexibility index (Phi) is 10.4. The summed E-state index contributed by atoms with van der Waals surface area (Å²) in [6.45, 7) is 2.97. The lowest BCUT2D eigenvalue weighted by Crippen LogP contribution is -2.38. The van der Waals surface area contributed by atoms with Crippen LogP contribution in [0.4, 0.5) is 0 Å². The summed E-state index contributed by atoms with van der Waals surface area (Å²) in [5, 5.41) is 0. The summed E-state index contributed by atoms with van der Waals surface area (Å²) in [5.74, 6) is 4.97. The van der Waals surface area contributed by atoms with Gasteiger partial charge in [-0.05, 0) is 19.3 Å². The number of nitrogens with one attached hydrogen (secondary N) is 2. The highest BCUT2D eigenvalue weighted by Crippen LogP contribution is 2.16. The first-order valence-corrected chi connectivity index (χ1v) is 6.20. The van der Waals surface area contributed by atoms with Gasteiger partial charge in [0.15, 0.2) is 0 Å². The maximum atomic E-state index is 11.2. The molecule has 16 heavy (non-hydrogen) atoms. The summed E-state index contributed by atoms with van der Waals surface area (Å²) in [6, 6.07) is 0. The van der Waals surface area contributed by atoms with Crippen LogP contribution in [-0.2, 0) is 4.79 Å². The number of primary amides is 1. The maximum absolute atomic E-state index is 11.2. The normalized spacial score (nSPS) is 12.6. The van der Waals surface area contributed by atoms with Gasteiger partial charge in [0.05, 0.1) is 0 Å². The molecule has 0 bridgehead atoms. The van der Waals surface area contributed by atoms with E-state index in [1.807, 2.05) is 0 Å². The Hall–Kier alpha value is -0.650. The highest BCUT2D eigenvalue weighted by atomic mass is 16.1. The molecule has 0 aromatic heterocycles. The minimum Gasteiger partial charge on any atom is -0.369 e. The van der Waals surface area contributed by atoms with Crippen molar-refractivity contribution in [2.24, 2.45) is 17.5 Å². The molecule has 0 aliphatic rings. The van der Waals surface area contributed by atoms with E-state index in [-0.39, 0.29) is 11.8 Å². The molecular formula is C11H26N4O. The molecule has 0 saturated heterocycles. The Morgan fingerprint density at radius 3 is 2.31 bits per heavy atom. The fraction of sp³-hybridized carbons (Fsp3) is 0.909. The fourth-order valence-corrected chi connectivity index (χ4v) is 1.75. The van der Waals surface area contributed by atoms with Gasteiger partial charge >= 0.3 is 0 Å². The third-order valence-corrected chi connectivity index (χ3v) is 2.76. The van der Waals surface area contributed by atoms with Crippen LogP contribution in [0.1, 0.15) is 51.9 Å². The molecule has 0 saturated carbocycles. The minimum atomic E-state index is -0.152. The Morgan fingerprint density at radius 1 is 1.19 bits per heavy atom. The summed E-state index contributed by atoms with van der Waals surface area (Å²) in [7, 11) is 0. The van der Waals surface area contributed by atoms with Gasteiger partial charge < -0.3 is 5.73 Å². The van der Waals surface area contributed by atoms with Crippen LogP contribution < -0.4 is 22.5 Å². The van der Waals surface area contributed by atoms with Crippen LogP contribution in [0.2, 0.25) is 0 Å². The molecule has 0 spiro atoms. The molecule has 1 unspecified atom stereocenters. The predicted molar refractivity (Wildman–Crippen MR) is 66.0 cm³/mol. The van der Waals surface area contributed by atoms with Crippen molar-refractivity contribution in [3.63, 3.8) is 0 Å². The number of amides is 1. The summed E-state index contributed by atoms with van der Waals surface area (Å²) in [6.07, 6.45) is 7.31. The van der Waals surface area contributed by atoms with Gasteiger partial charge in [-0.3, -0.25) is 10.6 Å². The van der Waals surface area contributed by atoms with Crippen molar-refractivity contribution in [2.75, 3.05) is 6.54 Å². The van der Waals surface area contributed by atoms with Crippen molar-refractivity contribution in [1.29, 1.82) is 0 Å². The van der Waals surface area contributed by atoms with Crippen molar-refractivity contribution in [3.8, 4) is 0 Å². The second-order valence-corrected chi connectivity index (χ2v) is 4.16. The highest BCUT2D eigenvalue weighted by Gasteiger charge is 2.13. The maximum Gasteiger partial charge on any atom is 0.220 e. The average molecular weight is 230 g/mol. The number of carbonyl (C=O) groups is 1. The number of unbranched alkanes of at least 4 members (excludes halogenated alkanes) is 3. The van der Waals surface area contributed by atoms with E-state index in [4.69, 9.17) is 11.6 Å². The van der Waals surface area contributed by atoms with Gasteiger partial charge in [-0.2, -0.15) is 5.53 Å². The van der Waals surface area contributed by atoms with Gasteiger partial charge in [-0.25, -0.2) is 5.43 Å². The van der Waals surface area contributed by atoms with Gasteiger partial charge in [0.1, 0.15) is 0 Å². The van der Waals surface area contributed by atoms with Crippen LogP contribution in [-0.4, -0.2) is 12.5 Å². The molecule has 0 radical (unpaired) electrons. The third-order valence-electron chi connectivity index (χ3n) is 2.76. The molecule has 6 N–H and O–H groups in total. The number of rotatable bonds is 11. The largest absolute Gasteiger partial charge is 0.369 e. The van der Waals surface area contributed by atoms with E-state index in [1.165, 1.54) is 12.8 Å². The van der Waals surface area contributed by atoms with Crippen LogP contribution in [0.3, 0.4) is 0 Å². The Morgan fingerprint density at radius 2 is 1.81 bits per heavy atom. The van der Waals surface area contributed by atoms with Crippen molar-refractivity contribution >= 4 is 5.91 Å². The molecule has 0 fully saturated rings. The average Bonchev–Trinajstić information content (AvgIpc) is 2.26. The highest BCUT2D eigenvalue weighted by molar-refractivity contribution is 5.76. The van der Waals surface area contributed by atoms with Crippen molar-refractivity contribution in [2.45, 2.75) is 51.9 Å². The van der Waals surface area contributed by atoms with E-state index in [0.29, 0.717) is 0 Å². The first-order valence-electron chi connectivity index (χ1n) is 6.20. The van der Waals surface area contributed by atoms with E-state index in [9.17, 15) is 4.79 Å². The molecule has 1 atom stereocenters. The van der Waals surface area contributed by atoms with Gasteiger partial charge in [0, 0.05) is 12.5 Å². The molecule has 0 aliphatic carbocycles. The monoisotopic (exact) mass is 230 g/mol. The molecule has 0 heterocycles. The molecule has 0 rings (SSSR count). The molecule has 5 heteroatoms. The van der Waals surface area contributed by atoms with Gasteiger partial charge in [-0.1, -0.05) is 32.6 Å². The molecular weight excluding hydrogens is 204 g/mol. The van der Waals surface area contributed by atoms with E-state index in [2.05, 4.69) is 17.9 Å². The lowest BCUT2D eigenvalue weighted by Gasteiger charge is -2.12. The van der Waals surface area contributed by atoms with Crippen molar-refractivity contribution < 1.29 is 4.79 Å². The first-order chi connectivity index (χ1) is 7.72. The predicted octanol–water partition coefficient (Wildman–Crippen LogP) is 0.806. The number of hydrazine groups is 2. The summed E-state index contributed by atoms with van der Waals surface area (Å²) < 4.78 is 0. The van der Waals surface area contributed by atoms with E-state index in [1.54, 1.807) is 0 Å². The standard InChI is InChI=1S/C11H26N4O/c1-2-3-4-7-10(11(12)16)8-5-6-9-14-15-13/h10,14-15H,2-9,13H2,1H3,(H2,12,16). The SMILES string of the molecule is CCCCCC(CCCCNNN)C(N)=O. The van der Waals surface area contributed by atoms with Gasteiger partial charge in [0.2, 0.25) is 5.91 Å². The van der Waals surface area contributed by atoms with Crippen LogP contribution in [0.15, 0.2) is 0 Å². The van der Waals surface area contributed by atoms with Crippen LogP contribution in [0.5, 0.6) is 0 Å². The summed E-state index contributed by atoms with van der Waals surface area (Å²) in [4.78, 5) is 11.2. The zero-order valence-electron chi connectivity index (χ0n) is 10.3. The number of hydrogen-bond donors (Lipinski definition) is 4. The first kappa shape index (κ1) is 15.3. The zero-order chi connectivity index (χ0) is 12.2. The second kappa shape index (κ2) is 10.9. The third kappa shape index (κ3) is 8.64. The molecule has 0 aliphatic heterocycles. The second-order valence-electron chi connectivity index (χ2n) is 4.16. The van der Waals surface area contributed by atoms with Crippen molar-refractivity contribution in [3.05, 3.63) is 0 Å². The minimum absolute atomic E-state index is 0.0531. The van der Waals surface area contributed by atoms with E-state index in [0.717, 1.165) is 38.6 Å². The van der Waals surface area contributed by atoms with E-state index >= 15 is 0 Å². The molecule has 5 nitrogen and oxygen atoms in total. The lowest BCUT2D eigenvalue weighted by molar-refractivity contribution is -0.122. The quantitative estimate of drug-likeness (QED) is 0.240. The molecule has 0 aromatic carbocycles. The van der Waals surface area contributed by atoms with Gasteiger partial charge in [0.25, 0.3) is 0 Å². The van der Waals surface area contributed by atoms with E-state index < -0.39 is 0 Å². The van der Waals surface area contributed by atoms with Crippen LogP contribution in [0, 0.1) is 5.92 Å². The molecule has 1 amide bonds. The topological polar surface area (TPSA) is 93.2 Å². The summed E-state index contributed by atoms with van der Waals surface area (Å²) in [5.41, 5.74) is 10.6. The Balaban J connectivity index is 3.56.